The van der Waals surface area contributed by atoms with E-state index >= 15 is 0 Å². The fourth-order valence-electron chi connectivity index (χ4n) is 2.40. The van der Waals surface area contributed by atoms with Gasteiger partial charge >= 0.3 is 0 Å². The summed E-state index contributed by atoms with van der Waals surface area (Å²) in [5.41, 5.74) is 1.49. The second kappa shape index (κ2) is 6.61. The number of hydrogen-bond donors (Lipinski definition) is 2. The Morgan fingerprint density at radius 2 is 1.71 bits per heavy atom. The Labute approximate surface area is 144 Å². The smallest absolute Gasteiger partial charge is 0.255 e. The van der Waals surface area contributed by atoms with E-state index in [0.29, 0.717) is 22.9 Å². The van der Waals surface area contributed by atoms with Crippen LogP contribution >= 0.6 is 11.6 Å². The Bertz CT molecular complexity index is 792. The minimum absolute atomic E-state index is 0.0145. The molecule has 2 unspecified atom stereocenters. The molecule has 2 aromatic carbocycles. The number of benzene rings is 2. The van der Waals surface area contributed by atoms with E-state index in [9.17, 15) is 14.0 Å². The molecule has 0 radical (unpaired) electrons. The molecule has 3 rings (SSSR count). The summed E-state index contributed by atoms with van der Waals surface area (Å²) in [6, 6.07) is 10.6. The van der Waals surface area contributed by atoms with Gasteiger partial charge in [0.1, 0.15) is 5.82 Å². The third-order valence-corrected chi connectivity index (χ3v) is 4.33. The number of rotatable bonds is 4. The molecule has 2 amide bonds. The van der Waals surface area contributed by atoms with Crippen LogP contribution in [0.1, 0.15) is 23.7 Å². The number of hydrogen-bond acceptors (Lipinski definition) is 2. The number of anilines is 2. The van der Waals surface area contributed by atoms with E-state index < -0.39 is 5.82 Å². The summed E-state index contributed by atoms with van der Waals surface area (Å²) in [6.45, 7) is 2.04. The Morgan fingerprint density at radius 3 is 2.29 bits per heavy atom. The van der Waals surface area contributed by atoms with Gasteiger partial charge in [-0.2, -0.15) is 0 Å². The summed E-state index contributed by atoms with van der Waals surface area (Å²) < 4.78 is 13.1. The molecule has 0 heterocycles. The van der Waals surface area contributed by atoms with Crippen LogP contribution in [0.25, 0.3) is 0 Å². The van der Waals surface area contributed by atoms with Crippen LogP contribution in [0.15, 0.2) is 42.5 Å². The van der Waals surface area contributed by atoms with E-state index in [0.717, 1.165) is 6.42 Å². The summed E-state index contributed by atoms with van der Waals surface area (Å²) in [5, 5.41) is 5.42. The third-order valence-electron chi connectivity index (χ3n) is 4.04. The van der Waals surface area contributed by atoms with Crippen molar-refractivity contribution in [3.63, 3.8) is 0 Å². The predicted molar refractivity (Wildman–Crippen MR) is 91.7 cm³/mol. The van der Waals surface area contributed by atoms with Gasteiger partial charge in [0.15, 0.2) is 0 Å². The minimum atomic E-state index is -0.542. The van der Waals surface area contributed by atoms with Crippen LogP contribution in [0.5, 0.6) is 0 Å². The van der Waals surface area contributed by atoms with Gasteiger partial charge in [-0.15, -0.1) is 0 Å². The van der Waals surface area contributed by atoms with Gasteiger partial charge in [0, 0.05) is 22.9 Å². The van der Waals surface area contributed by atoms with E-state index in [1.807, 2.05) is 6.92 Å². The Hall–Kier alpha value is -2.40. The van der Waals surface area contributed by atoms with Crippen LogP contribution in [0.4, 0.5) is 15.8 Å². The molecule has 124 valence electrons. The number of nitrogens with one attached hydrogen (secondary N) is 2. The monoisotopic (exact) mass is 346 g/mol. The van der Waals surface area contributed by atoms with Gasteiger partial charge in [-0.3, -0.25) is 9.59 Å². The first-order valence-corrected chi connectivity index (χ1v) is 7.99. The summed E-state index contributed by atoms with van der Waals surface area (Å²) >= 11 is 5.69. The normalized spacial score (nSPS) is 18.8. The SMILES string of the molecule is CC1CC1C(=O)Nc1ccc(C(=O)Nc2ccc(F)c(Cl)c2)cc1. The predicted octanol–water partition coefficient (Wildman–Crippen LogP) is 4.33. The maximum absolute atomic E-state index is 13.1. The van der Waals surface area contributed by atoms with Crippen molar-refractivity contribution in [3.05, 3.63) is 58.9 Å². The number of amides is 2. The van der Waals surface area contributed by atoms with E-state index in [4.69, 9.17) is 11.6 Å². The van der Waals surface area contributed by atoms with Crippen molar-refractivity contribution in [2.45, 2.75) is 13.3 Å². The molecule has 1 fully saturated rings. The number of halogens is 2. The van der Waals surface area contributed by atoms with Crippen LogP contribution in [0, 0.1) is 17.7 Å². The quantitative estimate of drug-likeness (QED) is 0.865. The fourth-order valence-corrected chi connectivity index (χ4v) is 2.59. The molecule has 1 aliphatic rings. The van der Waals surface area contributed by atoms with Crippen LogP contribution in [-0.2, 0) is 4.79 Å². The fraction of sp³-hybridized carbons (Fsp3) is 0.222. The van der Waals surface area contributed by atoms with Gasteiger partial charge in [-0.1, -0.05) is 18.5 Å². The Morgan fingerprint density at radius 1 is 1.08 bits per heavy atom. The van der Waals surface area contributed by atoms with Crippen molar-refractivity contribution in [1.29, 1.82) is 0 Å². The highest BCUT2D eigenvalue weighted by molar-refractivity contribution is 6.31. The van der Waals surface area contributed by atoms with Gasteiger partial charge < -0.3 is 10.6 Å². The first kappa shape index (κ1) is 16.5. The van der Waals surface area contributed by atoms with Crippen molar-refractivity contribution < 1.29 is 14.0 Å². The molecule has 24 heavy (non-hydrogen) atoms. The van der Waals surface area contributed by atoms with Crippen molar-refractivity contribution >= 4 is 34.8 Å². The van der Waals surface area contributed by atoms with Crippen molar-refractivity contribution in [1.82, 2.24) is 0 Å². The number of carbonyl (C=O) groups excluding carboxylic acids is 2. The lowest BCUT2D eigenvalue weighted by atomic mass is 10.2. The largest absolute Gasteiger partial charge is 0.326 e. The maximum Gasteiger partial charge on any atom is 0.255 e. The molecule has 4 nitrogen and oxygen atoms in total. The van der Waals surface area contributed by atoms with Crippen LogP contribution < -0.4 is 10.6 Å². The molecule has 2 aromatic rings. The molecule has 2 atom stereocenters. The summed E-state index contributed by atoms with van der Waals surface area (Å²) in [5.74, 6) is -0.333. The molecular formula is C18H16ClFN2O2. The topological polar surface area (TPSA) is 58.2 Å². The third kappa shape index (κ3) is 3.74. The molecule has 6 heteroatoms. The van der Waals surface area contributed by atoms with Crippen molar-refractivity contribution in [3.8, 4) is 0 Å². The Kier molecular flexibility index (Phi) is 4.53. The molecule has 2 N–H and O–H groups in total. The second-order valence-corrected chi connectivity index (χ2v) is 6.38. The molecule has 0 spiro atoms. The van der Waals surface area contributed by atoms with E-state index in [2.05, 4.69) is 10.6 Å². The van der Waals surface area contributed by atoms with E-state index in [1.165, 1.54) is 18.2 Å². The average molecular weight is 347 g/mol. The minimum Gasteiger partial charge on any atom is -0.326 e. The molecular weight excluding hydrogens is 331 g/mol. The zero-order valence-corrected chi connectivity index (χ0v) is 13.7. The molecule has 0 aromatic heterocycles. The average Bonchev–Trinajstić information content (AvgIpc) is 3.29. The molecule has 1 aliphatic carbocycles. The summed E-state index contributed by atoms with van der Waals surface area (Å²) in [6.07, 6.45) is 0.923. The van der Waals surface area contributed by atoms with Crippen LogP contribution in [-0.4, -0.2) is 11.8 Å². The first-order chi connectivity index (χ1) is 11.4. The second-order valence-electron chi connectivity index (χ2n) is 5.97. The van der Waals surface area contributed by atoms with Crippen LogP contribution in [0.2, 0.25) is 5.02 Å². The van der Waals surface area contributed by atoms with Gasteiger partial charge in [-0.05, 0) is 54.8 Å². The van der Waals surface area contributed by atoms with Gasteiger partial charge in [0.05, 0.1) is 5.02 Å². The van der Waals surface area contributed by atoms with Crippen molar-refractivity contribution in [2.24, 2.45) is 11.8 Å². The van der Waals surface area contributed by atoms with Gasteiger partial charge in [0.2, 0.25) is 5.91 Å². The highest BCUT2D eigenvalue weighted by Gasteiger charge is 2.39. The van der Waals surface area contributed by atoms with Gasteiger partial charge in [0.25, 0.3) is 5.91 Å². The van der Waals surface area contributed by atoms with Crippen LogP contribution in [0.3, 0.4) is 0 Å². The molecule has 1 saturated carbocycles. The maximum atomic E-state index is 13.1. The number of carbonyl (C=O) groups is 2. The lowest BCUT2D eigenvalue weighted by Crippen LogP contribution is -2.15. The standard InChI is InChI=1S/C18H16ClFN2O2/c1-10-8-14(10)18(24)21-12-4-2-11(3-5-12)17(23)22-13-6-7-16(20)15(19)9-13/h2-7,9-10,14H,8H2,1H3,(H,21,24)(H,22,23). The Balaban J connectivity index is 1.63. The summed E-state index contributed by atoms with van der Waals surface area (Å²) in [7, 11) is 0. The van der Waals surface area contributed by atoms with E-state index in [1.54, 1.807) is 24.3 Å². The highest BCUT2D eigenvalue weighted by atomic mass is 35.5. The highest BCUT2D eigenvalue weighted by Crippen LogP contribution is 2.38. The molecule has 0 aliphatic heterocycles. The van der Waals surface area contributed by atoms with Gasteiger partial charge in [-0.25, -0.2) is 4.39 Å². The first-order valence-electron chi connectivity index (χ1n) is 7.61. The lowest BCUT2D eigenvalue weighted by Gasteiger charge is -2.08. The zero-order chi connectivity index (χ0) is 17.3. The zero-order valence-electron chi connectivity index (χ0n) is 13.0. The molecule has 0 bridgehead atoms. The van der Waals surface area contributed by atoms with Crippen molar-refractivity contribution in [2.75, 3.05) is 10.6 Å². The molecule has 0 saturated heterocycles. The van der Waals surface area contributed by atoms with E-state index in [-0.39, 0.29) is 22.8 Å². The lowest BCUT2D eigenvalue weighted by molar-refractivity contribution is -0.117. The summed E-state index contributed by atoms with van der Waals surface area (Å²) in [4.78, 5) is 24.0.